The van der Waals surface area contributed by atoms with Crippen molar-refractivity contribution in [3.8, 4) is 0 Å². The molecule has 0 aliphatic heterocycles. The Bertz CT molecular complexity index is 641. The molecule has 4 unspecified atom stereocenters. The van der Waals surface area contributed by atoms with Gasteiger partial charge in [0, 0.05) is 6.04 Å². The maximum Gasteiger partial charge on any atom is 0.235 e. The van der Waals surface area contributed by atoms with Gasteiger partial charge in [-0.1, -0.05) is 24.6 Å². The highest BCUT2D eigenvalue weighted by Gasteiger charge is 2.42. The number of hydrogen-bond donors (Lipinski definition) is 1. The first-order valence-electron chi connectivity index (χ1n) is 8.03. The molecular weight excluding hydrogens is 298 g/mol. The molecule has 0 heterocycles. The molecule has 3 rings (SSSR count). The summed E-state index contributed by atoms with van der Waals surface area (Å²) >= 11 is 0. The largest absolute Gasteiger partial charge is 0.352 e. The monoisotopic (exact) mass is 321 g/mol. The van der Waals surface area contributed by atoms with E-state index in [1.165, 1.54) is 37.8 Å². The zero-order valence-electron chi connectivity index (χ0n) is 12.9. The summed E-state index contributed by atoms with van der Waals surface area (Å²) in [4.78, 5) is 12.3. The topological polar surface area (TPSA) is 63.2 Å². The van der Waals surface area contributed by atoms with Crippen LogP contribution in [0.5, 0.6) is 0 Å². The van der Waals surface area contributed by atoms with Crippen LogP contribution in [0.4, 0.5) is 0 Å². The standard InChI is InChI=1S/C17H23NO3S/c1-12(16-10-13-7-8-14(16)9-13)18-17(19)11-22(20,21)15-5-3-2-4-6-15/h2-6,12-14,16H,7-11H2,1H3,(H,18,19). The lowest BCUT2D eigenvalue weighted by atomic mass is 9.84. The van der Waals surface area contributed by atoms with Gasteiger partial charge >= 0.3 is 0 Å². The molecule has 2 aliphatic carbocycles. The molecule has 2 aliphatic rings. The summed E-state index contributed by atoms with van der Waals surface area (Å²) in [6.45, 7) is 2.01. The fraction of sp³-hybridized carbons (Fsp3) is 0.588. The second-order valence-corrected chi connectivity index (χ2v) is 8.76. The van der Waals surface area contributed by atoms with E-state index in [9.17, 15) is 13.2 Å². The summed E-state index contributed by atoms with van der Waals surface area (Å²) in [5, 5.41) is 2.91. The van der Waals surface area contributed by atoms with Gasteiger partial charge in [0.25, 0.3) is 0 Å². The lowest BCUT2D eigenvalue weighted by Gasteiger charge is -2.28. The average molecular weight is 321 g/mol. The maximum atomic E-state index is 12.2. The summed E-state index contributed by atoms with van der Waals surface area (Å²) < 4.78 is 24.4. The summed E-state index contributed by atoms with van der Waals surface area (Å²) in [5.41, 5.74) is 0. The second-order valence-electron chi connectivity index (χ2n) is 6.77. The molecule has 2 fully saturated rings. The number of carbonyl (C=O) groups is 1. The molecule has 0 spiro atoms. The van der Waals surface area contributed by atoms with E-state index in [2.05, 4.69) is 5.32 Å². The number of sulfone groups is 1. The quantitative estimate of drug-likeness (QED) is 0.906. The van der Waals surface area contributed by atoms with Gasteiger partial charge in [0.2, 0.25) is 5.91 Å². The van der Waals surface area contributed by atoms with Gasteiger partial charge < -0.3 is 5.32 Å². The Labute approximate surface area is 132 Å². The first-order chi connectivity index (χ1) is 10.5. The minimum Gasteiger partial charge on any atom is -0.352 e. The van der Waals surface area contributed by atoms with E-state index in [4.69, 9.17) is 0 Å². The van der Waals surface area contributed by atoms with E-state index in [-0.39, 0.29) is 16.8 Å². The SMILES string of the molecule is CC(NC(=O)CS(=O)(=O)c1ccccc1)C1CC2CCC1C2. The smallest absolute Gasteiger partial charge is 0.235 e. The van der Waals surface area contributed by atoms with Gasteiger partial charge in [0.1, 0.15) is 5.75 Å². The highest BCUT2D eigenvalue weighted by molar-refractivity contribution is 7.92. The second kappa shape index (κ2) is 6.03. The first kappa shape index (κ1) is 15.5. The number of nitrogens with one attached hydrogen (secondary N) is 1. The molecule has 120 valence electrons. The van der Waals surface area contributed by atoms with Gasteiger partial charge in [0.05, 0.1) is 4.90 Å². The molecule has 0 aromatic heterocycles. The summed E-state index contributed by atoms with van der Waals surface area (Å²) in [7, 11) is -3.55. The van der Waals surface area contributed by atoms with Crippen LogP contribution in [-0.4, -0.2) is 26.1 Å². The van der Waals surface area contributed by atoms with Crippen LogP contribution in [0, 0.1) is 17.8 Å². The van der Waals surface area contributed by atoms with E-state index in [0.29, 0.717) is 11.8 Å². The molecule has 4 atom stereocenters. The van der Waals surface area contributed by atoms with Gasteiger partial charge in [-0.2, -0.15) is 0 Å². The van der Waals surface area contributed by atoms with Gasteiger partial charge in [-0.05, 0) is 56.1 Å². The Balaban J connectivity index is 1.58. The van der Waals surface area contributed by atoms with Crippen molar-refractivity contribution in [2.75, 3.05) is 5.75 Å². The number of hydrogen-bond acceptors (Lipinski definition) is 3. The van der Waals surface area contributed by atoms with Gasteiger partial charge in [0.15, 0.2) is 9.84 Å². The van der Waals surface area contributed by atoms with Crippen molar-refractivity contribution in [3.63, 3.8) is 0 Å². The van der Waals surface area contributed by atoms with Gasteiger partial charge in [-0.25, -0.2) is 8.42 Å². The van der Waals surface area contributed by atoms with Gasteiger partial charge in [-0.3, -0.25) is 4.79 Å². The van der Waals surface area contributed by atoms with Crippen LogP contribution in [0.25, 0.3) is 0 Å². The van der Waals surface area contributed by atoms with Crippen molar-refractivity contribution in [2.24, 2.45) is 17.8 Å². The minimum atomic E-state index is -3.55. The molecule has 0 radical (unpaired) electrons. The molecule has 2 saturated carbocycles. The molecule has 2 bridgehead atoms. The van der Waals surface area contributed by atoms with Crippen molar-refractivity contribution in [1.82, 2.24) is 5.32 Å². The van der Waals surface area contributed by atoms with Crippen LogP contribution in [-0.2, 0) is 14.6 Å². The predicted octanol–water partition coefficient (Wildman–Crippen LogP) is 2.40. The van der Waals surface area contributed by atoms with E-state index < -0.39 is 15.6 Å². The molecule has 1 aromatic carbocycles. The van der Waals surface area contributed by atoms with Crippen LogP contribution < -0.4 is 5.32 Å². The third-order valence-electron chi connectivity index (χ3n) is 5.25. The lowest BCUT2D eigenvalue weighted by Crippen LogP contribution is -2.42. The lowest BCUT2D eigenvalue weighted by molar-refractivity contribution is -0.119. The maximum absolute atomic E-state index is 12.2. The number of carbonyl (C=O) groups excluding carboxylic acids is 1. The molecule has 4 nitrogen and oxygen atoms in total. The number of rotatable bonds is 5. The fourth-order valence-corrected chi connectivity index (χ4v) is 5.36. The zero-order valence-corrected chi connectivity index (χ0v) is 13.7. The Morgan fingerprint density at radius 3 is 2.55 bits per heavy atom. The highest BCUT2D eigenvalue weighted by Crippen LogP contribution is 2.49. The molecule has 1 aromatic rings. The third-order valence-corrected chi connectivity index (χ3v) is 6.88. The molecule has 0 saturated heterocycles. The van der Waals surface area contributed by atoms with Gasteiger partial charge in [-0.15, -0.1) is 0 Å². The van der Waals surface area contributed by atoms with Crippen LogP contribution in [0.1, 0.15) is 32.6 Å². The Hall–Kier alpha value is -1.36. The number of benzene rings is 1. The van der Waals surface area contributed by atoms with E-state index in [0.717, 1.165) is 5.92 Å². The van der Waals surface area contributed by atoms with Crippen LogP contribution in [0.3, 0.4) is 0 Å². The molecule has 22 heavy (non-hydrogen) atoms. The van der Waals surface area contributed by atoms with Crippen LogP contribution in [0.15, 0.2) is 35.2 Å². The van der Waals surface area contributed by atoms with Crippen molar-refractivity contribution >= 4 is 15.7 Å². The van der Waals surface area contributed by atoms with Crippen molar-refractivity contribution < 1.29 is 13.2 Å². The predicted molar refractivity (Wildman–Crippen MR) is 85.0 cm³/mol. The number of amides is 1. The zero-order chi connectivity index (χ0) is 15.7. The van der Waals surface area contributed by atoms with Crippen molar-refractivity contribution in [3.05, 3.63) is 30.3 Å². The van der Waals surface area contributed by atoms with Crippen molar-refractivity contribution in [1.29, 1.82) is 0 Å². The molecule has 5 heteroatoms. The van der Waals surface area contributed by atoms with E-state index in [1.807, 2.05) is 6.92 Å². The average Bonchev–Trinajstić information content (AvgIpc) is 3.10. The first-order valence-corrected chi connectivity index (χ1v) is 9.68. The van der Waals surface area contributed by atoms with Crippen LogP contribution >= 0.6 is 0 Å². The minimum absolute atomic E-state index is 0.0637. The molecule has 1 N–H and O–H groups in total. The summed E-state index contributed by atoms with van der Waals surface area (Å²) in [5.74, 6) is 1.19. The summed E-state index contributed by atoms with van der Waals surface area (Å²) in [6.07, 6.45) is 5.05. The van der Waals surface area contributed by atoms with E-state index >= 15 is 0 Å². The molecular formula is C17H23NO3S. The Morgan fingerprint density at radius 1 is 1.23 bits per heavy atom. The number of fused-ring (bicyclic) bond motifs is 2. The molecule has 1 amide bonds. The fourth-order valence-electron chi connectivity index (χ4n) is 4.19. The highest BCUT2D eigenvalue weighted by atomic mass is 32.2. The summed E-state index contributed by atoms with van der Waals surface area (Å²) in [6, 6.07) is 8.22. The normalized spacial score (nSPS) is 28.5. The Morgan fingerprint density at radius 2 is 1.95 bits per heavy atom. The Kier molecular flexibility index (Phi) is 4.26. The van der Waals surface area contributed by atoms with Crippen molar-refractivity contribution in [2.45, 2.75) is 43.5 Å². The van der Waals surface area contributed by atoms with E-state index in [1.54, 1.807) is 18.2 Å². The third kappa shape index (κ3) is 3.19. The van der Waals surface area contributed by atoms with Crippen LogP contribution in [0.2, 0.25) is 0 Å².